The Hall–Kier alpha value is -1.81. The summed E-state index contributed by atoms with van der Waals surface area (Å²) in [6.07, 6.45) is 3.89. The Balaban J connectivity index is 2.42. The van der Waals surface area contributed by atoms with Crippen LogP contribution in [0.2, 0.25) is 0 Å². The third-order valence-corrected chi connectivity index (χ3v) is 4.12. The minimum absolute atomic E-state index is 0.223. The molecule has 0 aromatic rings. The number of aliphatic carboxylic acids is 1. The van der Waals surface area contributed by atoms with Gasteiger partial charge in [-0.1, -0.05) is 0 Å². The predicted octanol–water partition coefficient (Wildman–Crippen LogP) is -1.71. The van der Waals surface area contributed by atoms with Gasteiger partial charge < -0.3 is 26.4 Å². The van der Waals surface area contributed by atoms with Crippen molar-refractivity contribution in [3.05, 3.63) is 0 Å². The van der Waals surface area contributed by atoms with Crippen molar-refractivity contribution in [3.8, 4) is 0 Å². The molecule has 1 heterocycles. The maximum Gasteiger partial charge on any atom is 0.322 e. The summed E-state index contributed by atoms with van der Waals surface area (Å²) < 4.78 is 0. The summed E-state index contributed by atoms with van der Waals surface area (Å²) in [7, 11) is 0. The lowest BCUT2D eigenvalue weighted by molar-refractivity contribution is -0.138. The minimum Gasteiger partial charge on any atom is -0.480 e. The maximum atomic E-state index is 11.9. The van der Waals surface area contributed by atoms with Crippen LogP contribution < -0.4 is 21.3 Å². The molecule has 1 aliphatic rings. The zero-order valence-electron chi connectivity index (χ0n) is 13.6. The Morgan fingerprint density at radius 2 is 2.00 bits per heavy atom. The smallest absolute Gasteiger partial charge is 0.322 e. The molecule has 2 atom stereocenters. The normalized spacial score (nSPS) is 17.8. The van der Waals surface area contributed by atoms with Gasteiger partial charge in [0.25, 0.3) is 0 Å². The van der Waals surface area contributed by atoms with Gasteiger partial charge in [-0.05, 0) is 37.8 Å². The molecule has 1 aliphatic heterocycles. The first-order valence-corrected chi connectivity index (χ1v) is 9.12. The molecule has 2 unspecified atom stereocenters. The molecule has 5 N–H and O–H groups in total. The van der Waals surface area contributed by atoms with Gasteiger partial charge in [-0.25, -0.2) is 0 Å². The summed E-state index contributed by atoms with van der Waals surface area (Å²) >= 11 is 1.51. The van der Waals surface area contributed by atoms with Crippen LogP contribution in [-0.4, -0.2) is 72.5 Å². The fourth-order valence-electron chi connectivity index (χ4n) is 2.23. The molecule has 0 aromatic heterocycles. The zero-order valence-corrected chi connectivity index (χ0v) is 14.4. The van der Waals surface area contributed by atoms with Crippen LogP contribution in [-0.2, 0) is 19.2 Å². The minimum atomic E-state index is -1.16. The Morgan fingerprint density at radius 3 is 2.58 bits per heavy atom. The summed E-state index contributed by atoms with van der Waals surface area (Å²) in [5.41, 5.74) is 0. The van der Waals surface area contributed by atoms with Crippen molar-refractivity contribution in [1.82, 2.24) is 21.3 Å². The molecule has 0 aromatic carbocycles. The van der Waals surface area contributed by atoms with Crippen LogP contribution >= 0.6 is 11.8 Å². The molecule has 24 heavy (non-hydrogen) atoms. The molecule has 136 valence electrons. The number of carboxylic acids is 1. The van der Waals surface area contributed by atoms with Gasteiger partial charge in [-0.15, -0.1) is 0 Å². The van der Waals surface area contributed by atoms with Crippen molar-refractivity contribution in [2.24, 2.45) is 0 Å². The Bertz CT molecular complexity index is 468. The Morgan fingerprint density at radius 1 is 1.25 bits per heavy atom. The average Bonchev–Trinajstić information content (AvgIpc) is 3.08. The van der Waals surface area contributed by atoms with Gasteiger partial charge in [-0.2, -0.15) is 11.8 Å². The molecule has 0 aliphatic carbocycles. The second kappa shape index (κ2) is 10.9. The van der Waals surface area contributed by atoms with E-state index in [-0.39, 0.29) is 18.5 Å². The lowest BCUT2D eigenvalue weighted by atomic mass is 10.2. The van der Waals surface area contributed by atoms with E-state index in [1.54, 1.807) is 0 Å². The highest BCUT2D eigenvalue weighted by molar-refractivity contribution is 7.98. The van der Waals surface area contributed by atoms with E-state index in [0.717, 1.165) is 19.4 Å². The van der Waals surface area contributed by atoms with Crippen LogP contribution in [0.25, 0.3) is 0 Å². The van der Waals surface area contributed by atoms with Gasteiger partial charge >= 0.3 is 5.97 Å². The van der Waals surface area contributed by atoms with E-state index >= 15 is 0 Å². The fourth-order valence-corrected chi connectivity index (χ4v) is 2.71. The number of rotatable bonds is 10. The summed E-state index contributed by atoms with van der Waals surface area (Å²) in [4.78, 5) is 46.2. The van der Waals surface area contributed by atoms with Crippen molar-refractivity contribution >= 4 is 35.5 Å². The van der Waals surface area contributed by atoms with E-state index in [4.69, 9.17) is 5.11 Å². The molecule has 1 fully saturated rings. The summed E-state index contributed by atoms with van der Waals surface area (Å²) in [6, 6.07) is -1.10. The molecule has 0 radical (unpaired) electrons. The highest BCUT2D eigenvalue weighted by Gasteiger charge is 2.24. The number of carbonyl (C=O) groups excluding carboxylic acids is 3. The van der Waals surface area contributed by atoms with Gasteiger partial charge in [0.1, 0.15) is 12.6 Å². The molecular weight excluding hydrogens is 336 g/mol. The summed E-state index contributed by atoms with van der Waals surface area (Å²) in [6.45, 7) is 0.0539. The van der Waals surface area contributed by atoms with Crippen LogP contribution in [0.4, 0.5) is 0 Å². The van der Waals surface area contributed by atoms with Crippen LogP contribution in [0, 0.1) is 0 Å². The van der Waals surface area contributed by atoms with E-state index in [9.17, 15) is 19.2 Å². The van der Waals surface area contributed by atoms with E-state index in [1.807, 2.05) is 6.26 Å². The van der Waals surface area contributed by atoms with Crippen molar-refractivity contribution in [1.29, 1.82) is 0 Å². The number of carboxylic acid groups (broad SMARTS) is 1. The maximum absolute atomic E-state index is 11.9. The average molecular weight is 360 g/mol. The van der Waals surface area contributed by atoms with Crippen molar-refractivity contribution in [3.63, 3.8) is 0 Å². The number of thioether (sulfide) groups is 1. The molecule has 9 nitrogen and oxygen atoms in total. The molecular formula is C14H24N4O5S. The first-order valence-electron chi connectivity index (χ1n) is 7.73. The molecule has 0 saturated carbocycles. The van der Waals surface area contributed by atoms with Gasteiger partial charge in [0.2, 0.25) is 17.7 Å². The summed E-state index contributed by atoms with van der Waals surface area (Å²) in [5.74, 6) is -1.81. The highest BCUT2D eigenvalue weighted by atomic mass is 32.2. The highest BCUT2D eigenvalue weighted by Crippen LogP contribution is 2.04. The van der Waals surface area contributed by atoms with Crippen LogP contribution in [0.1, 0.15) is 19.3 Å². The van der Waals surface area contributed by atoms with E-state index < -0.39 is 30.4 Å². The zero-order chi connectivity index (χ0) is 17.9. The van der Waals surface area contributed by atoms with Gasteiger partial charge in [0, 0.05) is 0 Å². The van der Waals surface area contributed by atoms with Crippen molar-refractivity contribution in [2.45, 2.75) is 31.3 Å². The van der Waals surface area contributed by atoms with Gasteiger partial charge in [-0.3, -0.25) is 19.2 Å². The molecule has 1 rings (SSSR count). The number of hydrogen-bond acceptors (Lipinski definition) is 6. The number of amides is 3. The second-order valence-corrected chi connectivity index (χ2v) is 6.37. The van der Waals surface area contributed by atoms with Crippen molar-refractivity contribution in [2.75, 3.05) is 31.6 Å². The third kappa shape index (κ3) is 7.64. The first kappa shape index (κ1) is 20.2. The summed E-state index contributed by atoms with van der Waals surface area (Å²) in [5, 5.41) is 18.9. The number of hydrogen-bond donors (Lipinski definition) is 5. The Kier molecular flexibility index (Phi) is 9.16. The lowest BCUT2D eigenvalue weighted by Gasteiger charge is -2.18. The van der Waals surface area contributed by atoms with Gasteiger partial charge in [0.15, 0.2) is 0 Å². The number of nitrogens with one attached hydrogen (secondary N) is 4. The first-order chi connectivity index (χ1) is 11.4. The van der Waals surface area contributed by atoms with Gasteiger partial charge in [0.05, 0.1) is 12.6 Å². The van der Waals surface area contributed by atoms with E-state index in [2.05, 4.69) is 21.3 Å². The largest absolute Gasteiger partial charge is 0.480 e. The van der Waals surface area contributed by atoms with Crippen molar-refractivity contribution < 1.29 is 24.3 Å². The molecule has 1 saturated heterocycles. The monoisotopic (exact) mass is 360 g/mol. The van der Waals surface area contributed by atoms with E-state index in [1.165, 1.54) is 11.8 Å². The Labute approximate surface area is 144 Å². The molecule has 10 heteroatoms. The standard InChI is InChI=1S/C14H24N4O5S/c1-24-6-4-10(14(23)17-8-12(20)21)18-11(19)7-16-13(22)9-3-2-5-15-9/h9-10,15H,2-8H2,1H3,(H,16,22)(H,17,23)(H,18,19)(H,20,21). The third-order valence-electron chi connectivity index (χ3n) is 3.48. The molecule has 0 spiro atoms. The predicted molar refractivity (Wildman–Crippen MR) is 89.6 cm³/mol. The van der Waals surface area contributed by atoms with Crippen LogP contribution in [0.15, 0.2) is 0 Å². The number of carbonyl (C=O) groups is 4. The quantitative estimate of drug-likeness (QED) is 0.313. The second-order valence-electron chi connectivity index (χ2n) is 5.38. The SMILES string of the molecule is CSCCC(NC(=O)CNC(=O)C1CCCN1)C(=O)NCC(=O)O. The van der Waals surface area contributed by atoms with Crippen LogP contribution in [0.3, 0.4) is 0 Å². The topological polar surface area (TPSA) is 137 Å². The lowest BCUT2D eigenvalue weighted by Crippen LogP contribution is -2.51. The fraction of sp³-hybridized carbons (Fsp3) is 0.714. The molecule has 3 amide bonds. The van der Waals surface area contributed by atoms with Crippen LogP contribution in [0.5, 0.6) is 0 Å². The molecule has 0 bridgehead atoms. The van der Waals surface area contributed by atoms with E-state index in [0.29, 0.717) is 12.2 Å².